The van der Waals surface area contributed by atoms with Crippen molar-refractivity contribution in [1.29, 1.82) is 0 Å². The average molecular weight is 249 g/mol. The third-order valence-electron chi connectivity index (χ3n) is 3.46. The van der Waals surface area contributed by atoms with Gasteiger partial charge in [-0.05, 0) is 19.3 Å². The molecule has 18 heavy (non-hydrogen) atoms. The van der Waals surface area contributed by atoms with Crippen molar-refractivity contribution in [2.24, 2.45) is 5.92 Å². The Bertz CT molecular complexity index is 428. The molecule has 0 unspecified atom stereocenters. The molecule has 1 saturated carbocycles. The van der Waals surface area contributed by atoms with E-state index < -0.39 is 5.97 Å². The van der Waals surface area contributed by atoms with Crippen LogP contribution in [0.1, 0.15) is 48.3 Å². The van der Waals surface area contributed by atoms with Gasteiger partial charge in [-0.2, -0.15) is 0 Å². The quantitative estimate of drug-likeness (QED) is 0.838. The lowest BCUT2D eigenvalue weighted by Gasteiger charge is -2.11. The van der Waals surface area contributed by atoms with Crippen LogP contribution < -0.4 is 5.32 Å². The van der Waals surface area contributed by atoms with Crippen molar-refractivity contribution in [3.8, 4) is 0 Å². The highest BCUT2D eigenvalue weighted by atomic mass is 16.4. The normalized spacial score (nSPS) is 15.8. The maximum absolute atomic E-state index is 11.0. The van der Waals surface area contributed by atoms with Gasteiger partial charge < -0.3 is 10.4 Å². The van der Waals surface area contributed by atoms with Crippen molar-refractivity contribution in [3.05, 3.63) is 17.6 Å². The fourth-order valence-electron chi connectivity index (χ4n) is 2.46. The van der Waals surface area contributed by atoms with Crippen molar-refractivity contribution in [2.45, 2.75) is 39.0 Å². The third kappa shape index (κ3) is 3.18. The predicted molar refractivity (Wildman–Crippen MR) is 68.8 cm³/mol. The molecule has 1 aliphatic carbocycles. The number of aromatic carboxylic acids is 1. The first-order chi connectivity index (χ1) is 8.66. The van der Waals surface area contributed by atoms with E-state index in [1.807, 2.05) is 0 Å². The molecular weight excluding hydrogens is 230 g/mol. The molecule has 5 nitrogen and oxygen atoms in total. The molecule has 0 atom stereocenters. The summed E-state index contributed by atoms with van der Waals surface area (Å²) in [6.45, 7) is 2.54. The smallest absolute Gasteiger partial charge is 0.341 e. The summed E-state index contributed by atoms with van der Waals surface area (Å²) in [5.74, 6) is 0.823. The minimum Gasteiger partial charge on any atom is -0.477 e. The predicted octanol–water partition coefficient (Wildman–Crippen LogP) is 2.48. The molecule has 1 heterocycles. The van der Waals surface area contributed by atoms with Gasteiger partial charge in [0.1, 0.15) is 17.2 Å². The van der Waals surface area contributed by atoms with Crippen molar-refractivity contribution in [3.63, 3.8) is 0 Å². The zero-order valence-electron chi connectivity index (χ0n) is 10.6. The van der Waals surface area contributed by atoms with E-state index in [4.69, 9.17) is 5.11 Å². The zero-order valence-corrected chi connectivity index (χ0v) is 10.6. The van der Waals surface area contributed by atoms with E-state index in [1.165, 1.54) is 31.9 Å². The number of carboxylic acids is 1. The van der Waals surface area contributed by atoms with Gasteiger partial charge in [-0.25, -0.2) is 14.8 Å². The Morgan fingerprint density at radius 2 is 2.22 bits per heavy atom. The van der Waals surface area contributed by atoms with Gasteiger partial charge in [-0.3, -0.25) is 0 Å². The number of hydrogen-bond donors (Lipinski definition) is 2. The summed E-state index contributed by atoms with van der Waals surface area (Å²) in [6.07, 6.45) is 7.71. The summed E-state index contributed by atoms with van der Waals surface area (Å²) in [5.41, 5.74) is 0.145. The summed E-state index contributed by atoms with van der Waals surface area (Å²) in [4.78, 5) is 19.1. The number of carbonyl (C=O) groups is 1. The first kappa shape index (κ1) is 12.8. The zero-order chi connectivity index (χ0) is 13.0. The SMILES string of the molecule is Cc1ncc(C(=O)O)c(NCCC2CCCC2)n1. The summed E-state index contributed by atoms with van der Waals surface area (Å²) in [5, 5.41) is 12.2. The molecule has 0 bridgehead atoms. The number of anilines is 1. The van der Waals surface area contributed by atoms with Gasteiger partial charge in [0.25, 0.3) is 0 Å². The second-order valence-electron chi connectivity index (χ2n) is 4.85. The number of rotatable bonds is 5. The Hall–Kier alpha value is -1.65. The highest BCUT2D eigenvalue weighted by Crippen LogP contribution is 2.27. The maximum atomic E-state index is 11.0. The van der Waals surface area contributed by atoms with Crippen molar-refractivity contribution >= 4 is 11.8 Å². The number of aryl methyl sites for hydroxylation is 1. The lowest BCUT2D eigenvalue weighted by Crippen LogP contribution is -2.13. The fourth-order valence-corrected chi connectivity index (χ4v) is 2.46. The molecule has 1 aliphatic rings. The van der Waals surface area contributed by atoms with E-state index in [9.17, 15) is 4.79 Å². The van der Waals surface area contributed by atoms with Crippen LogP contribution >= 0.6 is 0 Å². The number of hydrogen-bond acceptors (Lipinski definition) is 4. The highest BCUT2D eigenvalue weighted by Gasteiger charge is 2.16. The lowest BCUT2D eigenvalue weighted by atomic mass is 10.0. The minimum absolute atomic E-state index is 0.145. The van der Waals surface area contributed by atoms with Crippen LogP contribution in [0.3, 0.4) is 0 Å². The topological polar surface area (TPSA) is 75.1 Å². The van der Waals surface area contributed by atoms with Crippen LogP contribution in [0.4, 0.5) is 5.82 Å². The van der Waals surface area contributed by atoms with Crippen LogP contribution in [-0.2, 0) is 0 Å². The molecule has 0 aliphatic heterocycles. The molecule has 0 radical (unpaired) electrons. The summed E-state index contributed by atoms with van der Waals surface area (Å²) < 4.78 is 0. The summed E-state index contributed by atoms with van der Waals surface area (Å²) >= 11 is 0. The molecule has 98 valence electrons. The number of carboxylic acid groups (broad SMARTS) is 1. The second kappa shape index (κ2) is 5.80. The van der Waals surface area contributed by atoms with E-state index in [-0.39, 0.29) is 5.56 Å². The minimum atomic E-state index is -0.988. The Labute approximate surface area is 107 Å². The molecule has 0 spiro atoms. The number of nitrogens with zero attached hydrogens (tertiary/aromatic N) is 2. The van der Waals surface area contributed by atoms with Crippen LogP contribution in [0, 0.1) is 12.8 Å². The molecule has 0 saturated heterocycles. The van der Waals surface area contributed by atoms with E-state index in [1.54, 1.807) is 6.92 Å². The van der Waals surface area contributed by atoms with Crippen molar-refractivity contribution in [2.75, 3.05) is 11.9 Å². The fraction of sp³-hybridized carbons (Fsp3) is 0.615. The van der Waals surface area contributed by atoms with Crippen LogP contribution in [0.15, 0.2) is 6.20 Å². The standard InChI is InChI=1S/C13H19N3O2/c1-9-15-8-11(13(17)18)12(16-9)14-7-6-10-4-2-3-5-10/h8,10H,2-7H2,1H3,(H,17,18)(H,14,15,16). The average Bonchev–Trinajstić information content (AvgIpc) is 2.82. The molecule has 2 N–H and O–H groups in total. The molecule has 1 aromatic heterocycles. The van der Waals surface area contributed by atoms with E-state index in [0.717, 1.165) is 18.9 Å². The summed E-state index contributed by atoms with van der Waals surface area (Å²) in [6, 6.07) is 0. The Morgan fingerprint density at radius 3 is 2.89 bits per heavy atom. The Kier molecular flexibility index (Phi) is 4.12. The molecule has 0 aromatic carbocycles. The van der Waals surface area contributed by atoms with Crippen LogP contribution in [0.5, 0.6) is 0 Å². The van der Waals surface area contributed by atoms with Gasteiger partial charge in [0.15, 0.2) is 0 Å². The number of nitrogens with one attached hydrogen (secondary N) is 1. The van der Waals surface area contributed by atoms with Gasteiger partial charge in [-0.1, -0.05) is 25.7 Å². The Balaban J connectivity index is 1.94. The third-order valence-corrected chi connectivity index (χ3v) is 3.46. The van der Waals surface area contributed by atoms with Gasteiger partial charge in [0.2, 0.25) is 0 Å². The molecule has 2 rings (SSSR count). The monoisotopic (exact) mass is 249 g/mol. The van der Waals surface area contributed by atoms with Gasteiger partial charge in [-0.15, -0.1) is 0 Å². The van der Waals surface area contributed by atoms with Gasteiger partial charge in [0.05, 0.1) is 0 Å². The van der Waals surface area contributed by atoms with Crippen molar-refractivity contribution < 1.29 is 9.90 Å². The van der Waals surface area contributed by atoms with Crippen LogP contribution in [0.2, 0.25) is 0 Å². The van der Waals surface area contributed by atoms with Gasteiger partial charge >= 0.3 is 5.97 Å². The van der Waals surface area contributed by atoms with E-state index in [2.05, 4.69) is 15.3 Å². The van der Waals surface area contributed by atoms with E-state index in [0.29, 0.717) is 11.6 Å². The van der Waals surface area contributed by atoms with E-state index >= 15 is 0 Å². The van der Waals surface area contributed by atoms with Crippen LogP contribution in [0.25, 0.3) is 0 Å². The maximum Gasteiger partial charge on any atom is 0.341 e. The lowest BCUT2D eigenvalue weighted by molar-refractivity contribution is 0.0697. The molecule has 1 fully saturated rings. The molecule has 0 amide bonds. The number of aromatic nitrogens is 2. The molecular formula is C13H19N3O2. The molecule has 1 aromatic rings. The molecule has 5 heteroatoms. The first-order valence-corrected chi connectivity index (χ1v) is 6.47. The van der Waals surface area contributed by atoms with Crippen molar-refractivity contribution in [1.82, 2.24) is 9.97 Å². The Morgan fingerprint density at radius 1 is 1.50 bits per heavy atom. The summed E-state index contributed by atoms with van der Waals surface area (Å²) in [7, 11) is 0. The largest absolute Gasteiger partial charge is 0.477 e. The second-order valence-corrected chi connectivity index (χ2v) is 4.85. The highest BCUT2D eigenvalue weighted by molar-refractivity contribution is 5.92. The van der Waals surface area contributed by atoms with Gasteiger partial charge in [0, 0.05) is 12.7 Å². The van der Waals surface area contributed by atoms with Crippen LogP contribution in [-0.4, -0.2) is 27.6 Å². The first-order valence-electron chi connectivity index (χ1n) is 6.47.